The quantitative estimate of drug-likeness (QED) is 0.643. The molecule has 0 unspecified atom stereocenters. The summed E-state index contributed by atoms with van der Waals surface area (Å²) in [6, 6.07) is 8.59. The lowest BCUT2D eigenvalue weighted by Gasteiger charge is -2.31. The van der Waals surface area contributed by atoms with Gasteiger partial charge in [-0.3, -0.25) is 4.90 Å². The van der Waals surface area contributed by atoms with Crippen LogP contribution in [0.2, 0.25) is 5.02 Å². The van der Waals surface area contributed by atoms with Gasteiger partial charge < -0.3 is 4.42 Å². The molecule has 1 aliphatic rings. The Kier molecular flexibility index (Phi) is 4.83. The number of benzene rings is 1. The van der Waals surface area contributed by atoms with E-state index in [1.165, 1.54) is 6.07 Å². The highest BCUT2D eigenvalue weighted by molar-refractivity contribution is 7.14. The van der Waals surface area contributed by atoms with Crippen LogP contribution in [0.5, 0.6) is 0 Å². The molecule has 0 radical (unpaired) electrons. The molecular formula is C18H17ClFN3OS. The lowest BCUT2D eigenvalue weighted by Crippen LogP contribution is -2.32. The van der Waals surface area contributed by atoms with Crippen LogP contribution in [0.15, 0.2) is 41.0 Å². The minimum Gasteiger partial charge on any atom is -0.462 e. The Morgan fingerprint density at radius 1 is 1.20 bits per heavy atom. The Labute approximate surface area is 154 Å². The molecule has 7 heteroatoms. The van der Waals surface area contributed by atoms with Gasteiger partial charge in [-0.1, -0.05) is 29.0 Å². The van der Waals surface area contributed by atoms with Crippen molar-refractivity contribution in [1.82, 2.24) is 15.1 Å². The van der Waals surface area contributed by atoms with Crippen molar-refractivity contribution < 1.29 is 8.81 Å². The molecule has 1 aliphatic heterocycles. The average Bonchev–Trinajstić information content (AvgIpc) is 3.30. The molecule has 3 heterocycles. The van der Waals surface area contributed by atoms with E-state index in [9.17, 15) is 4.39 Å². The standard InChI is InChI=1S/C18H17ClFN3OS/c19-14-3-1-4-15(20)13(14)11-23-8-6-12(7-9-23)17-21-22-18(25-17)16-5-2-10-24-16/h1-5,10,12H,6-9,11H2. The summed E-state index contributed by atoms with van der Waals surface area (Å²) < 4.78 is 19.3. The molecule has 25 heavy (non-hydrogen) atoms. The number of hydrogen-bond donors (Lipinski definition) is 0. The number of piperidine rings is 1. The van der Waals surface area contributed by atoms with Crippen LogP contribution in [0.1, 0.15) is 29.3 Å². The van der Waals surface area contributed by atoms with Gasteiger partial charge in [0.25, 0.3) is 0 Å². The summed E-state index contributed by atoms with van der Waals surface area (Å²) in [5.74, 6) is 0.922. The van der Waals surface area contributed by atoms with E-state index in [0.717, 1.165) is 41.7 Å². The van der Waals surface area contributed by atoms with Crippen molar-refractivity contribution in [2.24, 2.45) is 0 Å². The minimum absolute atomic E-state index is 0.234. The highest BCUT2D eigenvalue weighted by Crippen LogP contribution is 2.34. The molecule has 4 rings (SSSR count). The first-order valence-corrected chi connectivity index (χ1v) is 9.42. The van der Waals surface area contributed by atoms with Crippen molar-refractivity contribution in [2.75, 3.05) is 13.1 Å². The zero-order valence-corrected chi connectivity index (χ0v) is 15.1. The number of likely N-dealkylation sites (tertiary alicyclic amines) is 1. The predicted octanol–water partition coefficient (Wildman–Crippen LogP) is 4.97. The van der Waals surface area contributed by atoms with Gasteiger partial charge in [0.1, 0.15) is 10.8 Å². The van der Waals surface area contributed by atoms with E-state index < -0.39 is 0 Å². The summed E-state index contributed by atoms with van der Waals surface area (Å²) in [5, 5.41) is 10.9. The molecule has 0 aliphatic carbocycles. The zero-order chi connectivity index (χ0) is 17.2. The number of nitrogens with zero attached hydrogens (tertiary/aromatic N) is 3. The molecule has 1 fully saturated rings. The van der Waals surface area contributed by atoms with Gasteiger partial charge in [-0.05, 0) is 50.2 Å². The van der Waals surface area contributed by atoms with Gasteiger partial charge in [0.05, 0.1) is 6.26 Å². The Morgan fingerprint density at radius 3 is 2.76 bits per heavy atom. The van der Waals surface area contributed by atoms with Crippen molar-refractivity contribution >= 4 is 22.9 Å². The summed E-state index contributed by atoms with van der Waals surface area (Å²) >= 11 is 7.72. The molecule has 0 bridgehead atoms. The molecular weight excluding hydrogens is 361 g/mol. The van der Waals surface area contributed by atoms with Gasteiger partial charge >= 0.3 is 0 Å². The maximum Gasteiger partial charge on any atom is 0.183 e. The zero-order valence-electron chi connectivity index (χ0n) is 13.5. The van der Waals surface area contributed by atoms with Crippen LogP contribution < -0.4 is 0 Å². The second-order valence-electron chi connectivity index (χ2n) is 6.17. The second-order valence-corrected chi connectivity index (χ2v) is 7.59. The Morgan fingerprint density at radius 2 is 2.04 bits per heavy atom. The lowest BCUT2D eigenvalue weighted by atomic mass is 9.97. The van der Waals surface area contributed by atoms with Gasteiger partial charge in [-0.15, -0.1) is 10.2 Å². The third-order valence-corrected chi connectivity index (χ3v) is 6.01. The van der Waals surface area contributed by atoms with Crippen LogP contribution in [0.4, 0.5) is 4.39 Å². The first-order chi connectivity index (χ1) is 12.2. The average molecular weight is 378 g/mol. The molecule has 2 aromatic heterocycles. The first kappa shape index (κ1) is 16.7. The number of rotatable bonds is 4. The molecule has 1 saturated heterocycles. The maximum atomic E-state index is 13.9. The molecule has 0 amide bonds. The number of hydrogen-bond acceptors (Lipinski definition) is 5. The predicted molar refractivity (Wildman–Crippen MR) is 96.3 cm³/mol. The fourth-order valence-electron chi connectivity index (χ4n) is 3.14. The summed E-state index contributed by atoms with van der Waals surface area (Å²) in [6.07, 6.45) is 3.61. The molecule has 0 spiro atoms. The summed E-state index contributed by atoms with van der Waals surface area (Å²) in [7, 11) is 0. The van der Waals surface area contributed by atoms with Crippen molar-refractivity contribution in [1.29, 1.82) is 0 Å². The minimum atomic E-state index is -0.234. The van der Waals surface area contributed by atoms with Crippen LogP contribution in [0.3, 0.4) is 0 Å². The van der Waals surface area contributed by atoms with Gasteiger partial charge in [-0.25, -0.2) is 4.39 Å². The highest BCUT2D eigenvalue weighted by Gasteiger charge is 2.25. The van der Waals surface area contributed by atoms with E-state index in [0.29, 0.717) is 23.0 Å². The van der Waals surface area contributed by atoms with E-state index in [2.05, 4.69) is 15.1 Å². The highest BCUT2D eigenvalue weighted by atomic mass is 35.5. The smallest absolute Gasteiger partial charge is 0.183 e. The fraction of sp³-hybridized carbons (Fsp3) is 0.333. The molecule has 0 N–H and O–H groups in total. The Balaban J connectivity index is 1.39. The monoisotopic (exact) mass is 377 g/mol. The van der Waals surface area contributed by atoms with Crippen molar-refractivity contribution in [3.8, 4) is 10.8 Å². The number of furan rings is 1. The molecule has 130 valence electrons. The van der Waals surface area contributed by atoms with Gasteiger partial charge in [0, 0.05) is 23.0 Å². The third kappa shape index (κ3) is 3.61. The summed E-state index contributed by atoms with van der Waals surface area (Å²) in [4.78, 5) is 2.25. The fourth-order valence-corrected chi connectivity index (χ4v) is 4.35. The van der Waals surface area contributed by atoms with E-state index in [1.54, 1.807) is 29.7 Å². The van der Waals surface area contributed by atoms with E-state index in [1.807, 2.05) is 12.1 Å². The van der Waals surface area contributed by atoms with Crippen LogP contribution >= 0.6 is 22.9 Å². The maximum absolute atomic E-state index is 13.9. The SMILES string of the molecule is Fc1cccc(Cl)c1CN1CCC(c2nnc(-c3ccco3)s2)CC1. The van der Waals surface area contributed by atoms with E-state index >= 15 is 0 Å². The van der Waals surface area contributed by atoms with Crippen LogP contribution in [-0.4, -0.2) is 28.2 Å². The molecule has 4 nitrogen and oxygen atoms in total. The second kappa shape index (κ2) is 7.23. The molecule has 0 atom stereocenters. The number of aromatic nitrogens is 2. The van der Waals surface area contributed by atoms with Crippen molar-refractivity contribution in [2.45, 2.75) is 25.3 Å². The Hall–Kier alpha value is -1.76. The largest absolute Gasteiger partial charge is 0.462 e. The number of halogens is 2. The molecule has 3 aromatic rings. The van der Waals surface area contributed by atoms with Crippen LogP contribution in [-0.2, 0) is 6.54 Å². The first-order valence-electron chi connectivity index (χ1n) is 8.23. The summed E-state index contributed by atoms with van der Waals surface area (Å²) in [5.41, 5.74) is 0.582. The van der Waals surface area contributed by atoms with Gasteiger partial charge in [0.15, 0.2) is 10.8 Å². The van der Waals surface area contributed by atoms with E-state index in [-0.39, 0.29) is 5.82 Å². The van der Waals surface area contributed by atoms with Gasteiger partial charge in [0.2, 0.25) is 0 Å². The van der Waals surface area contributed by atoms with Crippen LogP contribution in [0, 0.1) is 5.82 Å². The van der Waals surface area contributed by atoms with Crippen molar-refractivity contribution in [3.05, 3.63) is 58.0 Å². The third-order valence-electron chi connectivity index (χ3n) is 4.55. The van der Waals surface area contributed by atoms with Crippen molar-refractivity contribution in [3.63, 3.8) is 0 Å². The Bertz CT molecular complexity index is 824. The van der Waals surface area contributed by atoms with E-state index in [4.69, 9.17) is 16.0 Å². The lowest BCUT2D eigenvalue weighted by molar-refractivity contribution is 0.202. The van der Waals surface area contributed by atoms with Gasteiger partial charge in [-0.2, -0.15) is 0 Å². The normalized spacial score (nSPS) is 16.4. The molecule has 0 saturated carbocycles. The summed E-state index contributed by atoms with van der Waals surface area (Å²) in [6.45, 7) is 2.34. The topological polar surface area (TPSA) is 42.2 Å². The van der Waals surface area contributed by atoms with Crippen LogP contribution in [0.25, 0.3) is 10.8 Å². The molecule has 1 aromatic carbocycles.